The van der Waals surface area contributed by atoms with Crippen LogP contribution in [0.3, 0.4) is 0 Å². The number of hydrogen-bond acceptors (Lipinski definition) is 4. The van der Waals surface area contributed by atoms with Crippen LogP contribution in [0, 0.1) is 0 Å². The maximum Gasteiger partial charge on any atom is 0.426 e. The first-order valence-corrected chi connectivity index (χ1v) is 9.84. The number of unbranched alkanes of at least 4 members (excludes halogenated alkanes) is 5. The van der Waals surface area contributed by atoms with Crippen LogP contribution in [0.2, 0.25) is 0 Å². The van der Waals surface area contributed by atoms with E-state index >= 15 is 0 Å². The van der Waals surface area contributed by atoms with Crippen molar-refractivity contribution in [2.45, 2.75) is 90.0 Å². The summed E-state index contributed by atoms with van der Waals surface area (Å²) in [6.07, 6.45) is -0.252. The van der Waals surface area contributed by atoms with E-state index in [0.717, 1.165) is 25.7 Å². The van der Waals surface area contributed by atoms with E-state index in [2.05, 4.69) is 27.6 Å². The van der Waals surface area contributed by atoms with Crippen LogP contribution < -0.4 is 0 Å². The Bertz CT molecular complexity index is 389. The highest BCUT2D eigenvalue weighted by molar-refractivity contribution is 9.09. The number of carbonyl (C=O) groups is 2. The van der Waals surface area contributed by atoms with Gasteiger partial charge in [-0.1, -0.05) is 55.0 Å². The Morgan fingerprint density at radius 1 is 0.960 bits per heavy atom. The van der Waals surface area contributed by atoms with E-state index in [1.54, 1.807) is 6.92 Å². The Hall–Kier alpha value is -0.790. The predicted octanol–water partition coefficient (Wildman–Crippen LogP) is 5.32. The SMILES string of the molecule is CCCCCCCCC(C)OC(=O)CCC(=O)OC(CBr)C(F)(F)F. The number of hydrogen-bond donors (Lipinski definition) is 0. The molecule has 0 aromatic carbocycles. The summed E-state index contributed by atoms with van der Waals surface area (Å²) in [5.41, 5.74) is 0. The van der Waals surface area contributed by atoms with E-state index in [1.165, 1.54) is 19.3 Å². The molecule has 0 aliphatic carbocycles. The molecule has 4 nitrogen and oxygen atoms in total. The Kier molecular flexibility index (Phi) is 13.0. The highest BCUT2D eigenvalue weighted by Crippen LogP contribution is 2.24. The third kappa shape index (κ3) is 13.1. The fourth-order valence-corrected chi connectivity index (χ4v) is 2.66. The average molecular weight is 433 g/mol. The van der Waals surface area contributed by atoms with E-state index < -0.39 is 36.0 Å². The topological polar surface area (TPSA) is 52.6 Å². The van der Waals surface area contributed by atoms with Gasteiger partial charge in [0.1, 0.15) is 0 Å². The molecule has 0 radical (unpaired) electrons. The zero-order valence-corrected chi connectivity index (χ0v) is 16.5. The van der Waals surface area contributed by atoms with Crippen molar-refractivity contribution < 1.29 is 32.2 Å². The van der Waals surface area contributed by atoms with E-state index in [0.29, 0.717) is 0 Å². The molecule has 25 heavy (non-hydrogen) atoms. The molecule has 0 saturated heterocycles. The van der Waals surface area contributed by atoms with Crippen molar-refractivity contribution >= 4 is 27.9 Å². The second-order valence-corrected chi connectivity index (χ2v) is 6.68. The summed E-state index contributed by atoms with van der Waals surface area (Å²) in [5, 5.41) is -0.540. The lowest BCUT2D eigenvalue weighted by Crippen LogP contribution is -2.35. The van der Waals surface area contributed by atoms with Gasteiger partial charge in [-0.3, -0.25) is 9.59 Å². The van der Waals surface area contributed by atoms with Gasteiger partial charge < -0.3 is 9.47 Å². The minimum Gasteiger partial charge on any atom is -0.463 e. The minimum atomic E-state index is -4.63. The van der Waals surface area contributed by atoms with Gasteiger partial charge in [-0.2, -0.15) is 13.2 Å². The molecule has 0 fully saturated rings. The standard InChI is InChI=1S/C17H28BrF3O4/c1-3-4-5-6-7-8-9-13(2)24-15(22)10-11-16(23)25-14(12-18)17(19,20)21/h13-14H,3-12H2,1-2H3. The molecule has 8 heteroatoms. The molecule has 0 heterocycles. The molecule has 2 atom stereocenters. The van der Waals surface area contributed by atoms with Crippen molar-refractivity contribution in [3.8, 4) is 0 Å². The van der Waals surface area contributed by atoms with Gasteiger partial charge in [0.15, 0.2) is 0 Å². The lowest BCUT2D eigenvalue weighted by Gasteiger charge is -2.18. The third-order valence-corrected chi connectivity index (χ3v) is 4.20. The van der Waals surface area contributed by atoms with Crippen molar-refractivity contribution in [1.82, 2.24) is 0 Å². The summed E-state index contributed by atoms with van der Waals surface area (Å²) in [5.74, 6) is -1.67. The zero-order valence-electron chi connectivity index (χ0n) is 14.9. The van der Waals surface area contributed by atoms with E-state index in [4.69, 9.17) is 4.74 Å². The molecule has 0 saturated carbocycles. The molecule has 0 bridgehead atoms. The predicted molar refractivity (Wildman–Crippen MR) is 92.5 cm³/mol. The lowest BCUT2D eigenvalue weighted by atomic mass is 10.1. The fraction of sp³-hybridized carbons (Fsp3) is 0.882. The van der Waals surface area contributed by atoms with Gasteiger partial charge in [0.05, 0.1) is 18.9 Å². The second kappa shape index (κ2) is 13.4. The largest absolute Gasteiger partial charge is 0.463 e. The highest BCUT2D eigenvalue weighted by Gasteiger charge is 2.42. The summed E-state index contributed by atoms with van der Waals surface area (Å²) in [6, 6.07) is 0. The van der Waals surface area contributed by atoms with Crippen LogP contribution in [0.25, 0.3) is 0 Å². The van der Waals surface area contributed by atoms with Crippen molar-refractivity contribution in [1.29, 1.82) is 0 Å². The Labute approximate surface area is 155 Å². The summed E-state index contributed by atoms with van der Waals surface area (Å²) in [7, 11) is 0. The third-order valence-electron chi connectivity index (χ3n) is 3.61. The van der Waals surface area contributed by atoms with Crippen molar-refractivity contribution in [3.05, 3.63) is 0 Å². The monoisotopic (exact) mass is 432 g/mol. The molecule has 0 spiro atoms. The molecule has 0 rings (SSSR count). The molecule has 148 valence electrons. The average Bonchev–Trinajstić information content (AvgIpc) is 2.52. The number of carbonyl (C=O) groups excluding carboxylic acids is 2. The van der Waals surface area contributed by atoms with Crippen LogP contribution in [0.1, 0.15) is 71.6 Å². The summed E-state index contributed by atoms with van der Waals surface area (Å²) < 4.78 is 46.9. The second-order valence-electron chi connectivity index (χ2n) is 6.03. The van der Waals surface area contributed by atoms with Crippen LogP contribution >= 0.6 is 15.9 Å². The van der Waals surface area contributed by atoms with Gasteiger partial charge >= 0.3 is 18.1 Å². The Morgan fingerprint density at radius 3 is 2.00 bits per heavy atom. The molecule has 0 N–H and O–H groups in total. The van der Waals surface area contributed by atoms with Gasteiger partial charge in [-0.25, -0.2) is 0 Å². The van der Waals surface area contributed by atoms with Gasteiger partial charge in [0.2, 0.25) is 6.10 Å². The molecule has 2 unspecified atom stereocenters. The van der Waals surface area contributed by atoms with E-state index in [9.17, 15) is 22.8 Å². The first kappa shape index (κ1) is 24.2. The van der Waals surface area contributed by atoms with Crippen LogP contribution in [-0.2, 0) is 19.1 Å². The van der Waals surface area contributed by atoms with Crippen molar-refractivity contribution in [2.24, 2.45) is 0 Å². The van der Waals surface area contributed by atoms with E-state index in [-0.39, 0.29) is 12.5 Å². The van der Waals surface area contributed by atoms with Crippen LogP contribution in [-0.4, -0.2) is 35.7 Å². The molecule has 0 aromatic rings. The normalized spacial score (nSPS) is 14.0. The first-order chi connectivity index (χ1) is 11.7. The molecule has 0 aliphatic rings. The van der Waals surface area contributed by atoms with E-state index in [1.807, 2.05) is 0 Å². The molecular weight excluding hydrogens is 405 g/mol. The maximum absolute atomic E-state index is 12.5. The van der Waals surface area contributed by atoms with Crippen molar-refractivity contribution in [3.63, 3.8) is 0 Å². The van der Waals surface area contributed by atoms with Gasteiger partial charge in [-0.05, 0) is 19.8 Å². The number of esters is 2. The summed E-state index contributed by atoms with van der Waals surface area (Å²) in [6.45, 7) is 3.92. The number of rotatable bonds is 13. The highest BCUT2D eigenvalue weighted by atomic mass is 79.9. The van der Waals surface area contributed by atoms with Crippen LogP contribution in [0.15, 0.2) is 0 Å². The van der Waals surface area contributed by atoms with Crippen LogP contribution in [0.4, 0.5) is 13.2 Å². The molecule has 0 aromatic heterocycles. The van der Waals surface area contributed by atoms with Gasteiger partial charge in [0.25, 0.3) is 0 Å². The van der Waals surface area contributed by atoms with Crippen LogP contribution in [0.5, 0.6) is 0 Å². The minimum absolute atomic E-state index is 0.264. The molecule has 0 aliphatic heterocycles. The first-order valence-electron chi connectivity index (χ1n) is 8.72. The summed E-state index contributed by atoms with van der Waals surface area (Å²) >= 11 is 2.65. The van der Waals surface area contributed by atoms with Gasteiger partial charge in [0, 0.05) is 5.33 Å². The molecular formula is C17H28BrF3O4. The number of alkyl halides is 4. The maximum atomic E-state index is 12.5. The quantitative estimate of drug-likeness (QED) is 0.224. The Balaban J connectivity index is 3.89. The molecule has 0 amide bonds. The number of halogens is 4. The Morgan fingerprint density at radius 2 is 1.48 bits per heavy atom. The zero-order chi connectivity index (χ0) is 19.3. The van der Waals surface area contributed by atoms with Gasteiger partial charge in [-0.15, -0.1) is 0 Å². The number of ether oxygens (including phenoxy) is 2. The smallest absolute Gasteiger partial charge is 0.426 e. The fourth-order valence-electron chi connectivity index (χ4n) is 2.16. The summed E-state index contributed by atoms with van der Waals surface area (Å²) in [4.78, 5) is 23.0. The van der Waals surface area contributed by atoms with Crippen molar-refractivity contribution in [2.75, 3.05) is 5.33 Å². The lowest BCUT2D eigenvalue weighted by molar-refractivity contribution is -0.214.